The zero-order valence-electron chi connectivity index (χ0n) is 19.0. The zero-order chi connectivity index (χ0) is 24.0. The predicted molar refractivity (Wildman–Crippen MR) is 135 cm³/mol. The number of carbonyl (C=O) groups excluding carboxylic acids is 1. The molecule has 2 N–H and O–H groups in total. The van der Waals surface area contributed by atoms with E-state index in [0.29, 0.717) is 23.7 Å². The number of thioether (sulfide) groups is 1. The highest BCUT2D eigenvalue weighted by Gasteiger charge is 2.57. The largest absolute Gasteiger partial charge is 0.504 e. The van der Waals surface area contributed by atoms with Crippen molar-refractivity contribution < 1.29 is 19.4 Å². The van der Waals surface area contributed by atoms with E-state index in [4.69, 9.17) is 14.6 Å². The molecular weight excluding hydrogens is 462 g/mol. The summed E-state index contributed by atoms with van der Waals surface area (Å²) in [4.78, 5) is 13.6. The zero-order valence-corrected chi connectivity index (χ0v) is 19.8. The van der Waals surface area contributed by atoms with Gasteiger partial charge in [0.15, 0.2) is 11.5 Å². The number of nitrogens with zero attached hydrogens (tertiary/aromatic N) is 2. The number of rotatable bonds is 4. The maximum Gasteiger partial charge on any atom is 0.336 e. The number of benzene rings is 3. The van der Waals surface area contributed by atoms with Crippen LogP contribution < -0.4 is 14.8 Å². The number of fused-ring (bicyclic) bond motifs is 4. The van der Waals surface area contributed by atoms with Crippen LogP contribution in [0.25, 0.3) is 6.08 Å². The molecule has 0 unspecified atom stereocenters. The number of hydrogen-bond acceptors (Lipinski definition) is 7. The number of para-hydroxylation sites is 1. The molecule has 6 rings (SSSR count). The summed E-state index contributed by atoms with van der Waals surface area (Å²) in [6, 6.07) is 22.9. The molecule has 7 nitrogen and oxygen atoms in total. The van der Waals surface area contributed by atoms with E-state index < -0.39 is 5.18 Å². The first kappa shape index (κ1) is 21.6. The molecule has 1 fully saturated rings. The molecule has 0 bridgehead atoms. The second-order valence-corrected chi connectivity index (χ2v) is 9.62. The van der Waals surface area contributed by atoms with Crippen LogP contribution in [0, 0.1) is 0 Å². The molecule has 0 aromatic heterocycles. The van der Waals surface area contributed by atoms with Crippen LogP contribution in [0.15, 0.2) is 82.8 Å². The van der Waals surface area contributed by atoms with Crippen molar-refractivity contribution >= 4 is 29.5 Å². The Balaban J connectivity index is 1.39. The summed E-state index contributed by atoms with van der Waals surface area (Å²) in [7, 11) is 0. The first-order chi connectivity index (χ1) is 17.1. The average Bonchev–Trinajstić information content (AvgIpc) is 3.45. The van der Waals surface area contributed by atoms with E-state index in [2.05, 4.69) is 5.32 Å². The van der Waals surface area contributed by atoms with Gasteiger partial charge in [-0.05, 0) is 54.1 Å². The fourth-order valence-corrected chi connectivity index (χ4v) is 5.76. The van der Waals surface area contributed by atoms with Gasteiger partial charge in [0, 0.05) is 12.0 Å². The lowest BCUT2D eigenvalue weighted by Gasteiger charge is -2.43. The van der Waals surface area contributed by atoms with E-state index in [-0.39, 0.29) is 17.7 Å². The summed E-state index contributed by atoms with van der Waals surface area (Å²) < 4.78 is 11.9. The van der Waals surface area contributed by atoms with Crippen LogP contribution in [-0.2, 0) is 4.79 Å². The molecule has 2 atom stereocenters. The second-order valence-electron chi connectivity index (χ2n) is 8.42. The first-order valence-electron chi connectivity index (χ1n) is 11.5. The molecule has 1 amide bonds. The molecule has 0 saturated carbocycles. The lowest BCUT2D eigenvalue weighted by atomic mass is 9.97. The highest BCUT2D eigenvalue weighted by Crippen LogP contribution is 2.53. The van der Waals surface area contributed by atoms with Gasteiger partial charge in [-0.15, -0.1) is 0 Å². The number of hydrogen-bond donors (Lipinski definition) is 2. The van der Waals surface area contributed by atoms with Gasteiger partial charge >= 0.3 is 5.18 Å². The summed E-state index contributed by atoms with van der Waals surface area (Å²) >= 11 is 1.29. The Hall–Kier alpha value is -3.91. The predicted octanol–water partition coefficient (Wildman–Crippen LogP) is 4.85. The third-order valence-corrected chi connectivity index (χ3v) is 7.34. The Kier molecular flexibility index (Phi) is 5.18. The number of phenols is 1. The molecule has 3 aromatic rings. The van der Waals surface area contributed by atoms with Crippen molar-refractivity contribution in [2.45, 2.75) is 24.6 Å². The molecule has 3 aliphatic heterocycles. The lowest BCUT2D eigenvalue weighted by Crippen LogP contribution is -2.58. The van der Waals surface area contributed by atoms with Crippen LogP contribution in [0.2, 0.25) is 0 Å². The van der Waals surface area contributed by atoms with Gasteiger partial charge in [0.05, 0.1) is 23.3 Å². The van der Waals surface area contributed by atoms with Crippen molar-refractivity contribution in [3.63, 3.8) is 0 Å². The average molecular weight is 486 g/mol. The van der Waals surface area contributed by atoms with E-state index in [1.807, 2.05) is 66.5 Å². The minimum absolute atomic E-state index is 0.0592. The van der Waals surface area contributed by atoms with Crippen LogP contribution in [-0.4, -0.2) is 33.5 Å². The van der Waals surface area contributed by atoms with Gasteiger partial charge in [-0.2, -0.15) is 5.10 Å². The van der Waals surface area contributed by atoms with Crippen molar-refractivity contribution in [3.8, 4) is 17.2 Å². The van der Waals surface area contributed by atoms with E-state index >= 15 is 0 Å². The Morgan fingerprint density at radius 1 is 1.20 bits per heavy atom. The van der Waals surface area contributed by atoms with Crippen LogP contribution >= 0.6 is 11.8 Å². The van der Waals surface area contributed by atoms with Gasteiger partial charge in [0.1, 0.15) is 5.75 Å². The third-order valence-electron chi connectivity index (χ3n) is 6.17. The fraction of sp³-hybridized carbons (Fsp3) is 0.185. The molecule has 0 radical (unpaired) electrons. The van der Waals surface area contributed by atoms with Gasteiger partial charge in [-0.1, -0.05) is 54.6 Å². The molecule has 1 spiro atoms. The van der Waals surface area contributed by atoms with Gasteiger partial charge in [-0.25, -0.2) is 5.01 Å². The molecule has 0 aliphatic carbocycles. The SMILES string of the molecule is CCOc1cc(/C=C2\S[C@@]3(NC2=O)Oc2ccccc2[C@H]2CC(c4ccccc4)=NN23)ccc1O. The number of phenolic OH excluding ortho intramolecular Hbond substituents is 1. The molecule has 8 heteroatoms. The van der Waals surface area contributed by atoms with Crippen molar-refractivity contribution in [2.24, 2.45) is 5.10 Å². The van der Waals surface area contributed by atoms with Crippen molar-refractivity contribution in [2.75, 3.05) is 6.61 Å². The number of ether oxygens (including phenoxy) is 2. The summed E-state index contributed by atoms with van der Waals surface area (Å²) in [6.07, 6.45) is 2.48. The van der Waals surface area contributed by atoms with E-state index in [1.54, 1.807) is 24.3 Å². The minimum atomic E-state index is -1.20. The van der Waals surface area contributed by atoms with Crippen molar-refractivity contribution in [1.82, 2.24) is 10.3 Å². The molecule has 3 heterocycles. The lowest BCUT2D eigenvalue weighted by molar-refractivity contribution is -0.127. The number of aromatic hydroxyl groups is 1. The summed E-state index contributed by atoms with van der Waals surface area (Å²) in [5.74, 6) is 0.918. The fourth-order valence-electron chi connectivity index (χ4n) is 4.59. The first-order valence-corrected chi connectivity index (χ1v) is 12.3. The van der Waals surface area contributed by atoms with E-state index in [0.717, 1.165) is 28.2 Å². The molecule has 1 saturated heterocycles. The van der Waals surface area contributed by atoms with E-state index in [1.165, 1.54) is 11.8 Å². The smallest absolute Gasteiger partial charge is 0.336 e. The Bertz CT molecular complexity index is 1370. The molecular formula is C27H23N3O4S. The van der Waals surface area contributed by atoms with Crippen molar-refractivity contribution in [3.05, 3.63) is 94.4 Å². The third kappa shape index (κ3) is 3.70. The second kappa shape index (κ2) is 8.39. The number of hydrazone groups is 1. The van der Waals surface area contributed by atoms with E-state index in [9.17, 15) is 9.90 Å². The maximum absolute atomic E-state index is 13.1. The minimum Gasteiger partial charge on any atom is -0.504 e. The van der Waals surface area contributed by atoms with Gasteiger partial charge in [-0.3, -0.25) is 10.1 Å². The van der Waals surface area contributed by atoms with Gasteiger partial charge in [0.25, 0.3) is 5.91 Å². The Morgan fingerprint density at radius 3 is 2.83 bits per heavy atom. The monoisotopic (exact) mass is 485 g/mol. The quantitative estimate of drug-likeness (QED) is 0.514. The summed E-state index contributed by atoms with van der Waals surface area (Å²) in [5.41, 5.74) is 3.78. The van der Waals surface area contributed by atoms with Crippen molar-refractivity contribution in [1.29, 1.82) is 0 Å². The highest BCUT2D eigenvalue weighted by molar-refractivity contribution is 8.05. The highest BCUT2D eigenvalue weighted by atomic mass is 32.2. The van der Waals surface area contributed by atoms with Crippen LogP contribution in [0.5, 0.6) is 17.2 Å². The standard InChI is InChI=1S/C27H23N3O4S/c1-2-33-24-14-17(12-13-22(24)31)15-25-26(32)28-27(35-25)30-21(19-10-6-7-11-23(19)34-27)16-20(29-30)18-8-4-3-5-9-18/h3-15,21,31H,2,16H2,1H3,(H,28,32)/b25-15-/t21-,27-/m1/s1. The van der Waals surface area contributed by atoms with Gasteiger partial charge in [0.2, 0.25) is 0 Å². The van der Waals surface area contributed by atoms with Crippen LogP contribution in [0.3, 0.4) is 0 Å². The van der Waals surface area contributed by atoms with Gasteiger partial charge < -0.3 is 14.6 Å². The molecule has 35 heavy (non-hydrogen) atoms. The Morgan fingerprint density at radius 2 is 2.00 bits per heavy atom. The molecule has 3 aliphatic rings. The number of carbonyl (C=O) groups is 1. The summed E-state index contributed by atoms with van der Waals surface area (Å²) in [6.45, 7) is 2.28. The maximum atomic E-state index is 13.1. The topological polar surface area (TPSA) is 83.4 Å². The normalized spacial score (nSPS) is 23.5. The molecule has 176 valence electrons. The molecule has 3 aromatic carbocycles. The Labute approximate surface area is 207 Å². The number of nitrogens with one attached hydrogen (secondary N) is 1. The van der Waals surface area contributed by atoms with Crippen LogP contribution in [0.4, 0.5) is 0 Å². The number of amides is 1. The summed E-state index contributed by atoms with van der Waals surface area (Å²) in [5, 5.41) is 18.7. The van der Waals surface area contributed by atoms with Crippen LogP contribution in [0.1, 0.15) is 36.1 Å².